The summed E-state index contributed by atoms with van der Waals surface area (Å²) in [5.74, 6) is -0.0559. The first kappa shape index (κ1) is 22.4. The van der Waals surface area contributed by atoms with Gasteiger partial charge in [0, 0.05) is 18.5 Å². The molecule has 1 aromatic heterocycles. The van der Waals surface area contributed by atoms with Crippen LogP contribution in [0.2, 0.25) is 0 Å². The molecule has 2 amide bonds. The first-order valence-corrected chi connectivity index (χ1v) is 12.0. The summed E-state index contributed by atoms with van der Waals surface area (Å²) in [6.45, 7) is 2.88. The predicted molar refractivity (Wildman–Crippen MR) is 121 cm³/mol. The standard InChI is InChI=1S/C23H32N4O2S/c1-2-3-4-5-6-7-11-16-20(28)27-17-12-15-19(27)21(29)24-23-26-25-22(30-23)18-13-9-8-10-14-18/h8-10,13-14,19H,2-7,11-12,15-17H2,1H3,(H,24,26,29)/t19-/m1/s1. The quantitative estimate of drug-likeness (QED) is 0.494. The highest BCUT2D eigenvalue weighted by Crippen LogP contribution is 2.27. The van der Waals surface area contributed by atoms with Crippen molar-refractivity contribution in [2.75, 3.05) is 11.9 Å². The van der Waals surface area contributed by atoms with Crippen molar-refractivity contribution in [1.29, 1.82) is 0 Å². The van der Waals surface area contributed by atoms with E-state index in [0.717, 1.165) is 29.8 Å². The lowest BCUT2D eigenvalue weighted by Crippen LogP contribution is -2.43. The van der Waals surface area contributed by atoms with E-state index < -0.39 is 6.04 Å². The average Bonchev–Trinajstić information content (AvgIpc) is 3.43. The summed E-state index contributed by atoms with van der Waals surface area (Å²) < 4.78 is 0. The Morgan fingerprint density at radius 2 is 1.80 bits per heavy atom. The van der Waals surface area contributed by atoms with E-state index in [2.05, 4.69) is 22.4 Å². The van der Waals surface area contributed by atoms with Crippen LogP contribution in [-0.4, -0.2) is 39.5 Å². The molecule has 0 bridgehead atoms. The Morgan fingerprint density at radius 3 is 2.57 bits per heavy atom. The van der Waals surface area contributed by atoms with Crippen LogP contribution in [0.5, 0.6) is 0 Å². The normalized spacial score (nSPS) is 16.0. The fraction of sp³-hybridized carbons (Fsp3) is 0.565. The minimum Gasteiger partial charge on any atom is -0.331 e. The first-order valence-electron chi connectivity index (χ1n) is 11.2. The zero-order valence-electron chi connectivity index (χ0n) is 17.8. The van der Waals surface area contributed by atoms with Crippen LogP contribution in [-0.2, 0) is 9.59 Å². The predicted octanol–water partition coefficient (Wildman–Crippen LogP) is 5.28. The van der Waals surface area contributed by atoms with E-state index in [1.165, 1.54) is 43.4 Å². The number of aromatic nitrogens is 2. The van der Waals surface area contributed by atoms with Gasteiger partial charge in [0.1, 0.15) is 11.0 Å². The largest absolute Gasteiger partial charge is 0.331 e. The Bertz CT molecular complexity index is 809. The minimum atomic E-state index is -0.397. The summed E-state index contributed by atoms with van der Waals surface area (Å²) in [5.41, 5.74) is 0.975. The molecule has 2 heterocycles. The summed E-state index contributed by atoms with van der Waals surface area (Å²) in [7, 11) is 0. The number of nitrogens with zero attached hydrogens (tertiary/aromatic N) is 3. The number of hydrogen-bond acceptors (Lipinski definition) is 5. The number of likely N-dealkylation sites (tertiary alicyclic amines) is 1. The lowest BCUT2D eigenvalue weighted by molar-refractivity contribution is -0.136. The van der Waals surface area contributed by atoms with Gasteiger partial charge in [-0.3, -0.25) is 14.9 Å². The molecule has 2 aromatic rings. The van der Waals surface area contributed by atoms with Gasteiger partial charge in [0.15, 0.2) is 0 Å². The van der Waals surface area contributed by atoms with E-state index in [1.807, 2.05) is 30.3 Å². The Kier molecular flexibility index (Phi) is 8.81. The van der Waals surface area contributed by atoms with E-state index in [4.69, 9.17) is 0 Å². The third-order valence-electron chi connectivity index (χ3n) is 5.55. The maximum atomic E-state index is 12.8. The molecule has 6 nitrogen and oxygen atoms in total. The summed E-state index contributed by atoms with van der Waals surface area (Å²) in [5, 5.41) is 12.4. The van der Waals surface area contributed by atoms with E-state index in [1.54, 1.807) is 4.90 Å². The van der Waals surface area contributed by atoms with Gasteiger partial charge < -0.3 is 4.90 Å². The maximum absolute atomic E-state index is 12.8. The van der Waals surface area contributed by atoms with Crippen LogP contribution >= 0.6 is 11.3 Å². The van der Waals surface area contributed by atoms with Gasteiger partial charge >= 0.3 is 0 Å². The van der Waals surface area contributed by atoms with E-state index in [0.29, 0.717) is 24.5 Å². The first-order chi connectivity index (χ1) is 14.7. The van der Waals surface area contributed by atoms with Crippen LogP contribution in [0.15, 0.2) is 30.3 Å². The summed E-state index contributed by atoms with van der Waals surface area (Å²) >= 11 is 1.35. The van der Waals surface area contributed by atoms with Crippen molar-refractivity contribution in [3.05, 3.63) is 30.3 Å². The molecule has 3 rings (SSSR count). The van der Waals surface area contributed by atoms with Crippen molar-refractivity contribution in [3.8, 4) is 10.6 Å². The minimum absolute atomic E-state index is 0.100. The number of carbonyl (C=O) groups excluding carboxylic acids is 2. The third-order valence-corrected chi connectivity index (χ3v) is 6.43. The highest BCUT2D eigenvalue weighted by Gasteiger charge is 2.34. The molecule has 1 atom stereocenters. The lowest BCUT2D eigenvalue weighted by atomic mass is 10.1. The molecule has 1 saturated heterocycles. The van der Waals surface area contributed by atoms with Gasteiger partial charge in [0.05, 0.1) is 0 Å². The Balaban J connectivity index is 1.46. The number of anilines is 1. The molecule has 1 N–H and O–H groups in total. The molecule has 1 fully saturated rings. The topological polar surface area (TPSA) is 75.2 Å². The average molecular weight is 429 g/mol. The molecule has 0 spiro atoms. The molecule has 0 saturated carbocycles. The number of benzene rings is 1. The maximum Gasteiger partial charge on any atom is 0.249 e. The lowest BCUT2D eigenvalue weighted by Gasteiger charge is -2.23. The SMILES string of the molecule is CCCCCCCCCC(=O)N1CCC[C@@H]1C(=O)Nc1nnc(-c2ccccc2)s1. The fourth-order valence-electron chi connectivity index (χ4n) is 3.87. The number of rotatable bonds is 11. The molecule has 1 aliphatic rings. The van der Waals surface area contributed by atoms with Crippen LogP contribution in [0.25, 0.3) is 10.6 Å². The summed E-state index contributed by atoms with van der Waals surface area (Å²) in [4.78, 5) is 27.2. The van der Waals surface area contributed by atoms with Gasteiger partial charge in [-0.25, -0.2) is 0 Å². The number of unbranched alkanes of at least 4 members (excludes halogenated alkanes) is 6. The smallest absolute Gasteiger partial charge is 0.249 e. The molecule has 30 heavy (non-hydrogen) atoms. The van der Waals surface area contributed by atoms with Crippen LogP contribution in [0.1, 0.15) is 71.1 Å². The molecule has 1 aliphatic heterocycles. The number of amides is 2. The summed E-state index contributed by atoms with van der Waals surface area (Å²) in [6.07, 6.45) is 10.4. The number of hydrogen-bond donors (Lipinski definition) is 1. The molecule has 162 valence electrons. The molecule has 0 unspecified atom stereocenters. The second-order valence-corrected chi connectivity index (χ2v) is 8.86. The van der Waals surface area contributed by atoms with Gasteiger partial charge in [-0.05, 0) is 19.3 Å². The van der Waals surface area contributed by atoms with Crippen molar-refractivity contribution in [2.24, 2.45) is 0 Å². The second kappa shape index (κ2) is 11.8. The highest BCUT2D eigenvalue weighted by molar-refractivity contribution is 7.18. The molecular weight excluding hydrogens is 396 g/mol. The van der Waals surface area contributed by atoms with Crippen LogP contribution in [0, 0.1) is 0 Å². The molecule has 1 aromatic carbocycles. The van der Waals surface area contributed by atoms with Crippen molar-refractivity contribution < 1.29 is 9.59 Å². The van der Waals surface area contributed by atoms with E-state index in [-0.39, 0.29) is 11.8 Å². The molecule has 0 radical (unpaired) electrons. The molecule has 7 heteroatoms. The summed E-state index contributed by atoms with van der Waals surface area (Å²) in [6, 6.07) is 9.38. The van der Waals surface area contributed by atoms with Gasteiger partial charge in [-0.2, -0.15) is 0 Å². The van der Waals surface area contributed by atoms with Crippen LogP contribution < -0.4 is 5.32 Å². The highest BCUT2D eigenvalue weighted by atomic mass is 32.1. The van der Waals surface area contributed by atoms with Crippen molar-refractivity contribution in [1.82, 2.24) is 15.1 Å². The zero-order chi connectivity index (χ0) is 21.2. The van der Waals surface area contributed by atoms with Crippen molar-refractivity contribution in [2.45, 2.75) is 77.2 Å². The monoisotopic (exact) mass is 428 g/mol. The Labute approximate surface area is 183 Å². The van der Waals surface area contributed by atoms with Gasteiger partial charge in [-0.15, -0.1) is 10.2 Å². The third kappa shape index (κ3) is 6.36. The fourth-order valence-corrected chi connectivity index (χ4v) is 4.63. The van der Waals surface area contributed by atoms with Gasteiger partial charge in [-0.1, -0.05) is 87.1 Å². The number of carbonyl (C=O) groups is 2. The van der Waals surface area contributed by atoms with Gasteiger partial charge in [0.2, 0.25) is 16.9 Å². The van der Waals surface area contributed by atoms with Gasteiger partial charge in [0.25, 0.3) is 0 Å². The van der Waals surface area contributed by atoms with E-state index in [9.17, 15) is 9.59 Å². The van der Waals surface area contributed by atoms with Crippen LogP contribution in [0.4, 0.5) is 5.13 Å². The van der Waals surface area contributed by atoms with E-state index >= 15 is 0 Å². The van der Waals surface area contributed by atoms with Crippen LogP contribution in [0.3, 0.4) is 0 Å². The Hall–Kier alpha value is -2.28. The molecular formula is C23H32N4O2S. The second-order valence-electron chi connectivity index (χ2n) is 7.88. The van der Waals surface area contributed by atoms with Crippen molar-refractivity contribution >= 4 is 28.3 Å². The number of nitrogens with one attached hydrogen (secondary N) is 1. The zero-order valence-corrected chi connectivity index (χ0v) is 18.6. The molecule has 0 aliphatic carbocycles. The Morgan fingerprint density at radius 1 is 1.07 bits per heavy atom. The van der Waals surface area contributed by atoms with Crippen molar-refractivity contribution in [3.63, 3.8) is 0 Å².